The molecule has 220 valence electrons. The van der Waals surface area contributed by atoms with E-state index in [0.29, 0.717) is 5.92 Å². The van der Waals surface area contributed by atoms with E-state index in [1.54, 1.807) is 0 Å². The number of para-hydroxylation sites is 2. The highest BCUT2D eigenvalue weighted by Gasteiger charge is 2.54. The van der Waals surface area contributed by atoms with E-state index in [1.165, 1.54) is 66.4 Å². The van der Waals surface area contributed by atoms with Crippen molar-refractivity contribution in [2.24, 2.45) is 7.05 Å². The SMILES string of the molecule is CC(C)c1cc2c(c3ccccc13)C(Oc1cccc3ccc[n+](C)c13)N1c3ccccc3C3=C(C21)C(C)(C)c1ccccc13. The molecular weight excluding hydrogens is 548 g/mol. The third-order valence-electron chi connectivity index (χ3n) is 10.6. The fraction of sp³-hybridized carbons (Fsp3) is 0.214. The predicted molar refractivity (Wildman–Crippen MR) is 184 cm³/mol. The number of aryl methyl sites for hydroxylation is 1. The van der Waals surface area contributed by atoms with Gasteiger partial charge in [0.1, 0.15) is 7.05 Å². The first kappa shape index (κ1) is 26.5. The van der Waals surface area contributed by atoms with E-state index < -0.39 is 0 Å². The molecule has 0 spiro atoms. The zero-order valence-electron chi connectivity index (χ0n) is 26.5. The van der Waals surface area contributed by atoms with Crippen LogP contribution in [0.5, 0.6) is 5.75 Å². The maximum atomic E-state index is 7.41. The van der Waals surface area contributed by atoms with Gasteiger partial charge >= 0.3 is 0 Å². The molecule has 0 bridgehead atoms. The second-order valence-corrected chi connectivity index (χ2v) is 13.7. The predicted octanol–water partition coefficient (Wildman–Crippen LogP) is 9.69. The van der Waals surface area contributed by atoms with Crippen molar-refractivity contribution in [3.63, 3.8) is 0 Å². The average molecular weight is 586 g/mol. The van der Waals surface area contributed by atoms with Crippen LogP contribution in [-0.2, 0) is 12.5 Å². The third kappa shape index (κ3) is 3.50. The van der Waals surface area contributed by atoms with Crippen molar-refractivity contribution in [2.45, 2.75) is 51.3 Å². The minimum Gasteiger partial charge on any atom is -0.459 e. The molecular formula is C42H37N2O+. The summed E-state index contributed by atoms with van der Waals surface area (Å²) in [6, 6.07) is 40.3. The number of hydrogen-bond acceptors (Lipinski definition) is 2. The van der Waals surface area contributed by atoms with Crippen molar-refractivity contribution in [1.82, 2.24) is 0 Å². The lowest BCUT2D eigenvalue weighted by atomic mass is 9.74. The first-order valence-corrected chi connectivity index (χ1v) is 16.2. The molecule has 2 atom stereocenters. The molecule has 45 heavy (non-hydrogen) atoms. The molecule has 1 aromatic heterocycles. The van der Waals surface area contributed by atoms with Crippen LogP contribution in [0.2, 0.25) is 0 Å². The van der Waals surface area contributed by atoms with Gasteiger partial charge < -0.3 is 9.64 Å². The molecule has 0 saturated carbocycles. The average Bonchev–Trinajstić information content (AvgIpc) is 3.49. The van der Waals surface area contributed by atoms with Crippen molar-refractivity contribution in [2.75, 3.05) is 4.90 Å². The minimum atomic E-state index is -0.309. The molecule has 2 unspecified atom stereocenters. The van der Waals surface area contributed by atoms with E-state index in [2.05, 4.69) is 160 Å². The van der Waals surface area contributed by atoms with Gasteiger partial charge in [-0.3, -0.25) is 0 Å². The summed E-state index contributed by atoms with van der Waals surface area (Å²) in [6.45, 7) is 9.48. The van der Waals surface area contributed by atoms with Crippen LogP contribution in [0.4, 0.5) is 5.69 Å². The number of anilines is 1. The standard InChI is InChI=1S/C42H37N2O/c1-25(2)31-24-32-37(28-17-7-6-16-27(28)31)41(45-35-22-12-14-26-15-13-23-43(5)39(26)35)44-34-21-11-9-19-30(34)36-29-18-8-10-20-33(29)42(3,4)38(36)40(32)44/h6-25,40-41H,1-5H3/q+1. The van der Waals surface area contributed by atoms with Gasteiger partial charge in [0.05, 0.1) is 11.4 Å². The quantitative estimate of drug-likeness (QED) is 0.192. The summed E-state index contributed by atoms with van der Waals surface area (Å²) in [5.74, 6) is 1.29. The van der Waals surface area contributed by atoms with Crippen molar-refractivity contribution in [3.8, 4) is 5.75 Å². The van der Waals surface area contributed by atoms with E-state index in [1.807, 2.05) is 0 Å². The molecule has 6 aromatic rings. The van der Waals surface area contributed by atoms with Crippen molar-refractivity contribution < 1.29 is 9.30 Å². The van der Waals surface area contributed by atoms with Crippen LogP contribution < -0.4 is 14.2 Å². The van der Waals surface area contributed by atoms with Crippen molar-refractivity contribution in [1.29, 1.82) is 0 Å². The smallest absolute Gasteiger partial charge is 0.254 e. The number of fused-ring (bicyclic) bond motifs is 12. The van der Waals surface area contributed by atoms with Crippen LogP contribution in [-0.4, -0.2) is 0 Å². The number of nitrogens with zero attached hydrogens (tertiary/aromatic N) is 2. The van der Waals surface area contributed by atoms with Gasteiger partial charge in [0.15, 0.2) is 11.9 Å². The van der Waals surface area contributed by atoms with E-state index in [-0.39, 0.29) is 17.7 Å². The maximum Gasteiger partial charge on any atom is 0.254 e. The van der Waals surface area contributed by atoms with Crippen LogP contribution in [0.3, 0.4) is 0 Å². The van der Waals surface area contributed by atoms with Crippen LogP contribution in [0.1, 0.15) is 79.3 Å². The molecule has 0 fully saturated rings. The Balaban J connectivity index is 1.39. The van der Waals surface area contributed by atoms with Gasteiger partial charge in [0.25, 0.3) is 5.52 Å². The molecule has 0 saturated heterocycles. The van der Waals surface area contributed by atoms with Gasteiger partial charge in [-0.05, 0) is 74.4 Å². The Kier molecular flexibility index (Phi) is 5.48. The van der Waals surface area contributed by atoms with Crippen LogP contribution in [0.25, 0.3) is 27.2 Å². The Hall–Kier alpha value is -4.89. The summed E-state index contributed by atoms with van der Waals surface area (Å²) in [6.07, 6.45) is 1.80. The van der Waals surface area contributed by atoms with Crippen LogP contribution in [0, 0.1) is 0 Å². The topological polar surface area (TPSA) is 16.4 Å². The summed E-state index contributed by atoms with van der Waals surface area (Å²) in [7, 11) is 2.11. The molecule has 1 aliphatic carbocycles. The lowest BCUT2D eigenvalue weighted by molar-refractivity contribution is -0.645. The molecule has 9 rings (SSSR count). The molecule has 5 aromatic carbocycles. The normalized spacial score (nSPS) is 19.0. The van der Waals surface area contributed by atoms with Crippen LogP contribution in [0.15, 0.2) is 121 Å². The fourth-order valence-electron chi connectivity index (χ4n) is 8.67. The minimum absolute atomic E-state index is 0.0446. The molecule has 0 N–H and O–H groups in total. The van der Waals surface area contributed by atoms with Gasteiger partial charge in [-0.25, -0.2) is 0 Å². The number of ether oxygens (including phenoxy) is 1. The van der Waals surface area contributed by atoms with Crippen molar-refractivity contribution >= 4 is 32.9 Å². The van der Waals surface area contributed by atoms with Gasteiger partial charge in [0, 0.05) is 28.3 Å². The molecule has 2 aliphatic heterocycles. The monoisotopic (exact) mass is 585 g/mol. The lowest BCUT2D eigenvalue weighted by Crippen LogP contribution is -2.37. The molecule has 3 aliphatic rings. The van der Waals surface area contributed by atoms with Crippen molar-refractivity contribution in [3.05, 3.63) is 154 Å². The Morgan fingerprint density at radius 2 is 1.49 bits per heavy atom. The largest absolute Gasteiger partial charge is 0.459 e. The molecule has 0 amide bonds. The number of pyridine rings is 1. The molecule has 3 heterocycles. The highest BCUT2D eigenvalue weighted by molar-refractivity contribution is 6.00. The highest BCUT2D eigenvalue weighted by Crippen LogP contribution is 2.64. The summed E-state index contributed by atoms with van der Waals surface area (Å²) in [5, 5.41) is 3.78. The molecule has 3 nitrogen and oxygen atoms in total. The second kappa shape index (κ2) is 9.31. The maximum absolute atomic E-state index is 7.41. The van der Waals surface area contributed by atoms with E-state index in [4.69, 9.17) is 4.74 Å². The summed E-state index contributed by atoms with van der Waals surface area (Å²) < 4.78 is 9.59. The van der Waals surface area contributed by atoms with E-state index >= 15 is 0 Å². The molecule has 3 heteroatoms. The Morgan fingerprint density at radius 3 is 2.31 bits per heavy atom. The highest BCUT2D eigenvalue weighted by atomic mass is 16.5. The van der Waals surface area contributed by atoms with E-state index in [0.717, 1.165) is 11.3 Å². The van der Waals surface area contributed by atoms with Crippen LogP contribution >= 0.6 is 0 Å². The Morgan fingerprint density at radius 1 is 0.778 bits per heavy atom. The third-order valence-corrected chi connectivity index (χ3v) is 10.6. The number of rotatable bonds is 3. The molecule has 0 radical (unpaired) electrons. The number of hydrogen-bond donors (Lipinski definition) is 0. The summed E-state index contributed by atoms with van der Waals surface area (Å²) in [4.78, 5) is 2.60. The first-order valence-electron chi connectivity index (χ1n) is 16.2. The summed E-state index contributed by atoms with van der Waals surface area (Å²) in [5.41, 5.74) is 13.2. The second-order valence-electron chi connectivity index (χ2n) is 13.7. The lowest BCUT2D eigenvalue weighted by Gasteiger charge is -2.42. The van der Waals surface area contributed by atoms with Gasteiger partial charge in [-0.1, -0.05) is 107 Å². The van der Waals surface area contributed by atoms with Gasteiger partial charge in [-0.2, -0.15) is 4.57 Å². The fourth-order valence-corrected chi connectivity index (χ4v) is 8.67. The summed E-state index contributed by atoms with van der Waals surface area (Å²) >= 11 is 0. The number of aromatic nitrogens is 1. The zero-order valence-corrected chi connectivity index (χ0v) is 26.5. The van der Waals surface area contributed by atoms with E-state index in [9.17, 15) is 0 Å². The number of benzene rings is 5. The van der Waals surface area contributed by atoms with Gasteiger partial charge in [-0.15, -0.1) is 0 Å². The first-order chi connectivity index (χ1) is 21.9. The zero-order chi connectivity index (χ0) is 30.6. The van der Waals surface area contributed by atoms with Gasteiger partial charge in [0.2, 0.25) is 6.23 Å². The Labute approximate surface area is 265 Å². The Bertz CT molecular complexity index is 2230.